The van der Waals surface area contributed by atoms with Gasteiger partial charge in [-0.2, -0.15) is 0 Å². The summed E-state index contributed by atoms with van der Waals surface area (Å²) in [5, 5.41) is 1.30. The summed E-state index contributed by atoms with van der Waals surface area (Å²) in [6, 6.07) is 14.7. The highest BCUT2D eigenvalue weighted by molar-refractivity contribution is 8.00. The number of benzene rings is 2. The summed E-state index contributed by atoms with van der Waals surface area (Å²) < 4.78 is 11.0. The molecule has 2 heterocycles. The molecule has 0 saturated heterocycles. The lowest BCUT2D eigenvalue weighted by Crippen LogP contribution is -2.36. The predicted octanol–water partition coefficient (Wildman–Crippen LogP) is 4.40. The van der Waals surface area contributed by atoms with Crippen LogP contribution in [0.2, 0.25) is 0 Å². The van der Waals surface area contributed by atoms with Crippen LogP contribution >= 0.6 is 11.8 Å². The Balaban J connectivity index is 1.53. The van der Waals surface area contributed by atoms with Crippen molar-refractivity contribution in [3.05, 3.63) is 64.5 Å². The fourth-order valence-electron chi connectivity index (χ4n) is 3.36. The second kappa shape index (κ2) is 7.72. The quantitative estimate of drug-likeness (QED) is 0.615. The third-order valence-electron chi connectivity index (χ3n) is 4.83. The second-order valence-corrected chi connectivity index (χ2v) is 8.41. The lowest BCUT2D eigenvalue weighted by molar-refractivity contribution is -0.120. The molecule has 5 nitrogen and oxygen atoms in total. The highest BCUT2D eigenvalue weighted by atomic mass is 32.2. The van der Waals surface area contributed by atoms with E-state index in [1.54, 1.807) is 28.8 Å². The minimum Gasteiger partial charge on any atom is -0.484 e. The minimum absolute atomic E-state index is 0.0745. The van der Waals surface area contributed by atoms with Crippen molar-refractivity contribution in [2.75, 3.05) is 18.1 Å². The summed E-state index contributed by atoms with van der Waals surface area (Å²) in [6.07, 6.45) is 0.922. The number of aryl methyl sites for hydroxylation is 1. The van der Waals surface area contributed by atoms with Gasteiger partial charge in [-0.3, -0.25) is 4.79 Å². The number of para-hydroxylation sites is 1. The molecule has 2 aromatic carbocycles. The number of rotatable bonds is 3. The topological polar surface area (TPSA) is 59.8 Å². The third-order valence-corrected chi connectivity index (χ3v) is 6.07. The third kappa shape index (κ3) is 3.78. The van der Waals surface area contributed by atoms with Crippen molar-refractivity contribution in [3.8, 4) is 5.75 Å². The molecule has 1 aromatic heterocycles. The van der Waals surface area contributed by atoms with E-state index in [9.17, 15) is 9.59 Å². The van der Waals surface area contributed by atoms with E-state index in [1.165, 1.54) is 6.07 Å². The van der Waals surface area contributed by atoms with E-state index in [2.05, 4.69) is 13.0 Å². The van der Waals surface area contributed by atoms with Crippen molar-refractivity contribution >= 4 is 34.3 Å². The van der Waals surface area contributed by atoms with Gasteiger partial charge in [-0.1, -0.05) is 19.1 Å². The summed E-state index contributed by atoms with van der Waals surface area (Å²) in [6.45, 7) is 4.63. The van der Waals surface area contributed by atoms with Gasteiger partial charge in [-0.25, -0.2) is 4.79 Å². The fraction of sp³-hybridized carbons (Fsp3) is 0.273. The van der Waals surface area contributed by atoms with Crippen LogP contribution in [0.5, 0.6) is 5.75 Å². The highest BCUT2D eigenvalue weighted by Gasteiger charge is 2.24. The number of anilines is 1. The number of thioether (sulfide) groups is 1. The molecule has 0 unspecified atom stereocenters. The van der Waals surface area contributed by atoms with E-state index in [0.29, 0.717) is 23.1 Å². The molecule has 1 atom stereocenters. The van der Waals surface area contributed by atoms with Crippen molar-refractivity contribution in [3.63, 3.8) is 0 Å². The van der Waals surface area contributed by atoms with Crippen molar-refractivity contribution < 1.29 is 13.9 Å². The number of hydrogen-bond donors (Lipinski definition) is 0. The molecule has 4 rings (SSSR count). The molecule has 0 aliphatic carbocycles. The minimum atomic E-state index is -0.397. The number of hydrogen-bond acceptors (Lipinski definition) is 5. The molecule has 144 valence electrons. The van der Waals surface area contributed by atoms with Crippen LogP contribution in [-0.4, -0.2) is 24.3 Å². The van der Waals surface area contributed by atoms with Crippen molar-refractivity contribution in [1.29, 1.82) is 0 Å². The fourth-order valence-corrected chi connectivity index (χ4v) is 4.48. The van der Waals surface area contributed by atoms with E-state index in [0.717, 1.165) is 28.0 Å². The molecule has 0 fully saturated rings. The van der Waals surface area contributed by atoms with Crippen LogP contribution in [0.1, 0.15) is 18.9 Å². The standard InChI is InChI=1S/C22H21NO4S/c1-14-11-22(25)27-19-12-16(7-8-17(14)19)26-13-21(24)23-10-9-15(2)28-20-6-4-3-5-18(20)23/h3-8,11-12,15H,9-10,13H2,1-2H3/t15-/m0/s1. The van der Waals surface area contributed by atoms with Crippen molar-refractivity contribution in [1.82, 2.24) is 0 Å². The molecule has 6 heteroatoms. The van der Waals surface area contributed by atoms with Gasteiger partial charge in [0, 0.05) is 34.2 Å². The molecule has 1 aliphatic heterocycles. The van der Waals surface area contributed by atoms with Crippen LogP contribution in [0.25, 0.3) is 11.0 Å². The monoisotopic (exact) mass is 395 g/mol. The van der Waals surface area contributed by atoms with Gasteiger partial charge < -0.3 is 14.1 Å². The van der Waals surface area contributed by atoms with Gasteiger partial charge in [0.2, 0.25) is 0 Å². The molecule has 1 amide bonds. The lowest BCUT2D eigenvalue weighted by Gasteiger charge is -2.22. The zero-order valence-electron chi connectivity index (χ0n) is 15.8. The van der Waals surface area contributed by atoms with Gasteiger partial charge in [0.05, 0.1) is 5.69 Å². The number of amides is 1. The first-order valence-corrected chi connectivity index (χ1v) is 10.1. The predicted molar refractivity (Wildman–Crippen MR) is 111 cm³/mol. The van der Waals surface area contributed by atoms with Gasteiger partial charge in [-0.05, 0) is 43.2 Å². The molecule has 0 spiro atoms. The zero-order valence-corrected chi connectivity index (χ0v) is 16.6. The number of fused-ring (bicyclic) bond motifs is 2. The molecule has 1 aliphatic rings. The molecule has 0 N–H and O–H groups in total. The van der Waals surface area contributed by atoms with E-state index in [4.69, 9.17) is 9.15 Å². The summed E-state index contributed by atoms with van der Waals surface area (Å²) in [4.78, 5) is 27.4. The lowest BCUT2D eigenvalue weighted by atomic mass is 10.1. The number of carbonyl (C=O) groups excluding carboxylic acids is 1. The van der Waals surface area contributed by atoms with Crippen LogP contribution in [-0.2, 0) is 4.79 Å². The first kappa shape index (κ1) is 18.6. The Morgan fingerprint density at radius 2 is 2.07 bits per heavy atom. The number of nitrogens with zero attached hydrogens (tertiary/aromatic N) is 1. The SMILES string of the molecule is Cc1cc(=O)oc2cc(OCC(=O)N3CC[C@H](C)Sc4ccccc43)ccc12. The van der Waals surface area contributed by atoms with Crippen LogP contribution in [0.15, 0.2) is 62.6 Å². The van der Waals surface area contributed by atoms with Crippen molar-refractivity contribution in [2.45, 2.75) is 30.4 Å². The molecule has 3 aromatic rings. The summed E-state index contributed by atoms with van der Waals surface area (Å²) in [5.74, 6) is 0.411. The summed E-state index contributed by atoms with van der Waals surface area (Å²) in [5.41, 5.74) is 1.85. The molecule has 0 bridgehead atoms. The van der Waals surface area contributed by atoms with E-state index in [-0.39, 0.29) is 12.5 Å². The zero-order chi connectivity index (χ0) is 19.7. The molecule has 0 saturated carbocycles. The Labute approximate surface area is 167 Å². The highest BCUT2D eigenvalue weighted by Crippen LogP contribution is 2.37. The van der Waals surface area contributed by atoms with Crippen LogP contribution in [0.4, 0.5) is 5.69 Å². The maximum Gasteiger partial charge on any atom is 0.336 e. The summed E-state index contributed by atoms with van der Waals surface area (Å²) >= 11 is 1.80. The molecular weight excluding hydrogens is 374 g/mol. The average molecular weight is 395 g/mol. The Morgan fingerprint density at radius 3 is 2.93 bits per heavy atom. The molecule has 28 heavy (non-hydrogen) atoms. The van der Waals surface area contributed by atoms with E-state index < -0.39 is 5.63 Å². The van der Waals surface area contributed by atoms with Gasteiger partial charge in [-0.15, -0.1) is 11.8 Å². The molecule has 0 radical (unpaired) electrons. The summed E-state index contributed by atoms with van der Waals surface area (Å²) in [7, 11) is 0. The Morgan fingerprint density at radius 1 is 1.25 bits per heavy atom. The maximum atomic E-state index is 12.9. The van der Waals surface area contributed by atoms with E-state index >= 15 is 0 Å². The normalized spacial score (nSPS) is 16.5. The maximum absolute atomic E-state index is 12.9. The van der Waals surface area contributed by atoms with Crippen LogP contribution < -0.4 is 15.3 Å². The Kier molecular flexibility index (Phi) is 5.13. The Bertz CT molecular complexity index is 1090. The number of ether oxygens (including phenoxy) is 1. The first-order chi connectivity index (χ1) is 13.5. The van der Waals surface area contributed by atoms with Crippen molar-refractivity contribution in [2.24, 2.45) is 0 Å². The van der Waals surface area contributed by atoms with Gasteiger partial charge in [0.25, 0.3) is 5.91 Å². The van der Waals surface area contributed by atoms with Crippen LogP contribution in [0, 0.1) is 6.92 Å². The van der Waals surface area contributed by atoms with Gasteiger partial charge in [0.1, 0.15) is 11.3 Å². The largest absolute Gasteiger partial charge is 0.484 e. The average Bonchev–Trinajstić information content (AvgIpc) is 2.84. The number of carbonyl (C=O) groups is 1. The van der Waals surface area contributed by atoms with E-state index in [1.807, 2.05) is 31.2 Å². The smallest absolute Gasteiger partial charge is 0.336 e. The van der Waals surface area contributed by atoms with Gasteiger partial charge >= 0.3 is 5.63 Å². The first-order valence-electron chi connectivity index (χ1n) is 9.24. The second-order valence-electron chi connectivity index (χ2n) is 6.93. The van der Waals surface area contributed by atoms with Gasteiger partial charge in [0.15, 0.2) is 6.61 Å². The Hall–Kier alpha value is -2.73. The van der Waals surface area contributed by atoms with Crippen LogP contribution in [0.3, 0.4) is 0 Å². The molecular formula is C22H21NO4S.